The number of hydrogen-bond acceptors (Lipinski definition) is 6. The van der Waals surface area contributed by atoms with Crippen molar-refractivity contribution in [3.8, 4) is 0 Å². The third kappa shape index (κ3) is 4.65. The van der Waals surface area contributed by atoms with Crippen molar-refractivity contribution in [3.05, 3.63) is 87.7 Å². The molecule has 7 nitrogen and oxygen atoms in total. The van der Waals surface area contributed by atoms with Crippen LogP contribution >= 0.6 is 0 Å². The van der Waals surface area contributed by atoms with Gasteiger partial charge in [-0.25, -0.2) is 4.98 Å². The van der Waals surface area contributed by atoms with Gasteiger partial charge >= 0.3 is 0 Å². The van der Waals surface area contributed by atoms with Crippen LogP contribution in [0.25, 0.3) is 10.8 Å². The van der Waals surface area contributed by atoms with Crippen molar-refractivity contribution >= 4 is 28.0 Å². The van der Waals surface area contributed by atoms with E-state index in [0.29, 0.717) is 17.6 Å². The number of nitrogens with one attached hydrogen (secondary N) is 2. The summed E-state index contributed by atoms with van der Waals surface area (Å²) in [6.45, 7) is 8.76. The van der Waals surface area contributed by atoms with Crippen LogP contribution in [-0.2, 0) is 11.2 Å². The first-order valence-electron chi connectivity index (χ1n) is 11.6. The Morgan fingerprint density at radius 1 is 1.15 bits per heavy atom. The Labute approximate surface area is 198 Å². The van der Waals surface area contributed by atoms with Crippen LogP contribution in [0.15, 0.2) is 59.7 Å². The number of pyridine rings is 3. The molecule has 7 heteroatoms. The van der Waals surface area contributed by atoms with E-state index in [2.05, 4.69) is 59.2 Å². The standard InChI is InChI=1S/C27H29N5O2/c1-17-6-8-28-22(12-17)15-23-14-20-7-9-29-27(33)25(20)26(31-23)30-21-4-5-24(18(2)13-21)32-10-11-34-19(3)16-32/h4-9,12-14,19H,10-11,15-16H2,1-3H3,(H,29,33)(H,30,31)/t19-/m1/s1. The van der Waals surface area contributed by atoms with E-state index in [4.69, 9.17) is 9.72 Å². The Bertz CT molecular complexity index is 1400. The minimum Gasteiger partial charge on any atom is -0.375 e. The Morgan fingerprint density at radius 2 is 2.03 bits per heavy atom. The van der Waals surface area contributed by atoms with Crippen LogP contribution in [0, 0.1) is 13.8 Å². The summed E-state index contributed by atoms with van der Waals surface area (Å²) in [5.74, 6) is 0.550. The lowest BCUT2D eigenvalue weighted by Gasteiger charge is -2.34. The second-order valence-electron chi connectivity index (χ2n) is 8.99. The molecule has 5 rings (SSSR count). The van der Waals surface area contributed by atoms with E-state index in [-0.39, 0.29) is 11.7 Å². The molecule has 0 saturated carbocycles. The summed E-state index contributed by atoms with van der Waals surface area (Å²) in [4.78, 5) is 27.1. The first-order chi connectivity index (χ1) is 16.5. The Kier molecular flexibility index (Phi) is 6.02. The molecule has 0 radical (unpaired) electrons. The SMILES string of the molecule is Cc1ccnc(Cc2cc3cc[nH]c(=O)c3c(Nc3ccc(N4CCO[C@H](C)C4)c(C)c3)n2)c1. The lowest BCUT2D eigenvalue weighted by atomic mass is 10.1. The van der Waals surface area contributed by atoms with Crippen LogP contribution in [-0.4, -0.2) is 40.8 Å². The van der Waals surface area contributed by atoms with Gasteiger partial charge in [-0.2, -0.15) is 0 Å². The zero-order valence-electron chi connectivity index (χ0n) is 19.8. The fourth-order valence-corrected chi connectivity index (χ4v) is 4.59. The third-order valence-corrected chi connectivity index (χ3v) is 6.18. The van der Waals surface area contributed by atoms with Gasteiger partial charge in [-0.3, -0.25) is 9.78 Å². The lowest BCUT2D eigenvalue weighted by molar-refractivity contribution is 0.0532. The molecule has 0 bridgehead atoms. The molecule has 4 heterocycles. The lowest BCUT2D eigenvalue weighted by Crippen LogP contribution is -2.41. The molecule has 1 saturated heterocycles. The van der Waals surface area contributed by atoms with Crippen molar-refractivity contribution in [3.63, 3.8) is 0 Å². The number of morpholine rings is 1. The molecular formula is C27H29N5O2. The van der Waals surface area contributed by atoms with E-state index in [1.165, 1.54) is 5.69 Å². The summed E-state index contributed by atoms with van der Waals surface area (Å²) >= 11 is 0. The average molecular weight is 456 g/mol. The third-order valence-electron chi connectivity index (χ3n) is 6.18. The zero-order chi connectivity index (χ0) is 23.7. The first kappa shape index (κ1) is 22.1. The van der Waals surface area contributed by atoms with E-state index in [1.807, 2.05) is 30.5 Å². The summed E-state index contributed by atoms with van der Waals surface area (Å²) in [6, 6.07) is 14.2. The molecule has 1 atom stereocenters. The molecule has 0 spiro atoms. The monoisotopic (exact) mass is 455 g/mol. The van der Waals surface area contributed by atoms with Crippen LogP contribution in [0.5, 0.6) is 0 Å². The van der Waals surface area contributed by atoms with Crippen LogP contribution in [0.4, 0.5) is 17.2 Å². The summed E-state index contributed by atoms with van der Waals surface area (Å²) in [5.41, 5.74) is 6.06. The number of benzene rings is 1. The number of anilines is 3. The van der Waals surface area contributed by atoms with Gasteiger partial charge in [0.05, 0.1) is 18.1 Å². The fraction of sp³-hybridized carbons (Fsp3) is 0.296. The minimum atomic E-state index is -0.164. The molecule has 2 N–H and O–H groups in total. The minimum absolute atomic E-state index is 0.164. The van der Waals surface area contributed by atoms with E-state index in [1.54, 1.807) is 6.20 Å². The summed E-state index contributed by atoms with van der Waals surface area (Å²) < 4.78 is 5.69. The number of fused-ring (bicyclic) bond motifs is 1. The van der Waals surface area contributed by atoms with Gasteiger partial charge in [0.15, 0.2) is 0 Å². The topological polar surface area (TPSA) is 83.1 Å². The molecule has 1 aliphatic rings. The molecule has 0 amide bonds. The van der Waals surface area contributed by atoms with Gasteiger partial charge in [0.2, 0.25) is 0 Å². The van der Waals surface area contributed by atoms with E-state index in [9.17, 15) is 4.79 Å². The van der Waals surface area contributed by atoms with E-state index >= 15 is 0 Å². The largest absolute Gasteiger partial charge is 0.375 e. The quantitative estimate of drug-likeness (QED) is 0.461. The molecule has 0 unspecified atom stereocenters. The second kappa shape index (κ2) is 9.27. The molecule has 3 aromatic heterocycles. The van der Waals surface area contributed by atoms with E-state index < -0.39 is 0 Å². The molecule has 1 aliphatic heterocycles. The molecule has 34 heavy (non-hydrogen) atoms. The van der Waals surface area contributed by atoms with Crippen molar-refractivity contribution in [2.45, 2.75) is 33.3 Å². The van der Waals surface area contributed by atoms with Crippen LogP contribution in [0.2, 0.25) is 0 Å². The molecule has 0 aliphatic carbocycles. The average Bonchev–Trinajstić information content (AvgIpc) is 2.79. The fourth-order valence-electron chi connectivity index (χ4n) is 4.59. The molecule has 4 aromatic rings. The van der Waals surface area contributed by atoms with E-state index in [0.717, 1.165) is 53.3 Å². The zero-order valence-corrected chi connectivity index (χ0v) is 19.8. The van der Waals surface area contributed by atoms with Crippen molar-refractivity contribution < 1.29 is 4.74 Å². The second-order valence-corrected chi connectivity index (χ2v) is 8.99. The summed E-state index contributed by atoms with van der Waals surface area (Å²) in [6.07, 6.45) is 4.30. The maximum atomic E-state index is 12.7. The van der Waals surface area contributed by atoms with Crippen LogP contribution < -0.4 is 15.8 Å². The van der Waals surface area contributed by atoms with Gasteiger partial charge in [0, 0.05) is 54.7 Å². The highest BCUT2D eigenvalue weighted by molar-refractivity contribution is 5.93. The number of H-pyrrole nitrogens is 1. The number of aromatic amines is 1. The Balaban J connectivity index is 1.49. The number of rotatable bonds is 5. The van der Waals surface area contributed by atoms with Crippen LogP contribution in [0.3, 0.4) is 0 Å². The summed E-state index contributed by atoms with van der Waals surface area (Å²) in [7, 11) is 0. The molecule has 1 fully saturated rings. The maximum absolute atomic E-state index is 12.7. The van der Waals surface area contributed by atoms with Gasteiger partial charge in [0.1, 0.15) is 5.82 Å². The van der Waals surface area contributed by atoms with Crippen molar-refractivity contribution in [1.82, 2.24) is 15.0 Å². The molecule has 174 valence electrons. The smallest absolute Gasteiger partial charge is 0.259 e. The number of nitrogens with zero attached hydrogens (tertiary/aromatic N) is 3. The number of aryl methyl sites for hydroxylation is 2. The van der Waals surface area contributed by atoms with Gasteiger partial charge in [-0.15, -0.1) is 0 Å². The van der Waals surface area contributed by atoms with Gasteiger partial charge < -0.3 is 19.9 Å². The van der Waals surface area contributed by atoms with Crippen molar-refractivity contribution in [2.75, 3.05) is 29.9 Å². The number of hydrogen-bond donors (Lipinski definition) is 2. The first-order valence-corrected chi connectivity index (χ1v) is 11.6. The predicted octanol–water partition coefficient (Wildman–Crippen LogP) is 4.49. The molecule has 1 aromatic carbocycles. The van der Waals surface area contributed by atoms with Gasteiger partial charge in [-0.1, -0.05) is 0 Å². The molecular weight excluding hydrogens is 426 g/mol. The van der Waals surface area contributed by atoms with Crippen molar-refractivity contribution in [1.29, 1.82) is 0 Å². The predicted molar refractivity (Wildman–Crippen MR) is 136 cm³/mol. The highest BCUT2D eigenvalue weighted by atomic mass is 16.5. The Morgan fingerprint density at radius 3 is 2.82 bits per heavy atom. The maximum Gasteiger partial charge on any atom is 0.259 e. The van der Waals surface area contributed by atoms with Crippen molar-refractivity contribution in [2.24, 2.45) is 0 Å². The normalized spacial score (nSPS) is 16.1. The number of ether oxygens (including phenoxy) is 1. The van der Waals surface area contributed by atoms with Gasteiger partial charge in [0.25, 0.3) is 5.56 Å². The highest BCUT2D eigenvalue weighted by Crippen LogP contribution is 2.29. The highest BCUT2D eigenvalue weighted by Gasteiger charge is 2.19. The Hall–Kier alpha value is -3.71. The van der Waals surface area contributed by atoms with Gasteiger partial charge in [-0.05, 0) is 79.7 Å². The van der Waals surface area contributed by atoms with Crippen LogP contribution in [0.1, 0.15) is 29.4 Å². The number of aromatic nitrogens is 3. The summed E-state index contributed by atoms with van der Waals surface area (Å²) in [5, 5.41) is 4.81.